The highest BCUT2D eigenvalue weighted by Gasteiger charge is 2.33. The van der Waals surface area contributed by atoms with Gasteiger partial charge in [0.1, 0.15) is 17.7 Å². The molecule has 1 atom stereocenters. The number of nitrogens with zero attached hydrogens (tertiary/aromatic N) is 3. The molecule has 11 heteroatoms. The van der Waals surface area contributed by atoms with Crippen molar-refractivity contribution < 1.29 is 28.2 Å². The second kappa shape index (κ2) is 13.5. The van der Waals surface area contributed by atoms with Crippen LogP contribution in [-0.2, 0) is 26.2 Å². The summed E-state index contributed by atoms with van der Waals surface area (Å²) in [6.07, 6.45) is 0.291. The molecule has 0 saturated heterocycles. The van der Waals surface area contributed by atoms with Gasteiger partial charge in [0.25, 0.3) is 0 Å². The third-order valence-corrected chi connectivity index (χ3v) is 7.75. The average Bonchev–Trinajstić information content (AvgIpc) is 3.44. The van der Waals surface area contributed by atoms with E-state index < -0.39 is 17.4 Å². The maximum Gasteiger partial charge on any atom is 0.328 e. The van der Waals surface area contributed by atoms with E-state index >= 15 is 0 Å². The van der Waals surface area contributed by atoms with Crippen LogP contribution in [0.3, 0.4) is 0 Å². The minimum absolute atomic E-state index is 0.0433. The molecule has 1 aromatic heterocycles. The van der Waals surface area contributed by atoms with Crippen LogP contribution in [-0.4, -0.2) is 59.8 Å². The molecule has 220 valence electrons. The number of nitrogens with one attached hydrogen (secondary N) is 1. The number of hydrogen-bond donors (Lipinski definition) is 1. The van der Waals surface area contributed by atoms with E-state index in [0.717, 1.165) is 22.9 Å². The van der Waals surface area contributed by atoms with Gasteiger partial charge in [-0.2, -0.15) is 0 Å². The molecule has 9 nitrogen and oxygen atoms in total. The van der Waals surface area contributed by atoms with Gasteiger partial charge in [0.2, 0.25) is 5.91 Å². The van der Waals surface area contributed by atoms with Gasteiger partial charge in [0.05, 0.1) is 32.5 Å². The van der Waals surface area contributed by atoms with E-state index in [2.05, 4.69) is 15.5 Å². The number of rotatable bonds is 12. The summed E-state index contributed by atoms with van der Waals surface area (Å²) in [5.41, 5.74) is 1.71. The van der Waals surface area contributed by atoms with Crippen LogP contribution in [0.15, 0.2) is 78.0 Å². The van der Waals surface area contributed by atoms with Crippen molar-refractivity contribution in [3.05, 3.63) is 95.6 Å². The molecule has 0 aliphatic rings. The Morgan fingerprint density at radius 2 is 1.64 bits per heavy atom. The van der Waals surface area contributed by atoms with Gasteiger partial charge >= 0.3 is 5.97 Å². The number of carbonyl (C=O) groups is 2. The number of thioether (sulfide) groups is 1. The minimum Gasteiger partial charge on any atom is -0.493 e. The maximum atomic E-state index is 13.8. The van der Waals surface area contributed by atoms with Crippen LogP contribution in [0.4, 0.5) is 4.39 Å². The normalized spacial score (nSPS) is 12.0. The van der Waals surface area contributed by atoms with Gasteiger partial charge in [-0.15, -0.1) is 10.2 Å². The van der Waals surface area contributed by atoms with Gasteiger partial charge in [-0.1, -0.05) is 48.2 Å². The summed E-state index contributed by atoms with van der Waals surface area (Å²) in [7, 11) is 4.43. The molecule has 4 rings (SSSR count). The van der Waals surface area contributed by atoms with E-state index in [4.69, 9.17) is 14.2 Å². The Morgan fingerprint density at radius 3 is 2.29 bits per heavy atom. The molecule has 0 saturated carbocycles. The lowest BCUT2D eigenvalue weighted by molar-refractivity contribution is -0.144. The highest BCUT2D eigenvalue weighted by atomic mass is 32.2. The van der Waals surface area contributed by atoms with E-state index in [1.165, 1.54) is 19.2 Å². The van der Waals surface area contributed by atoms with Crippen molar-refractivity contribution in [3.63, 3.8) is 0 Å². The van der Waals surface area contributed by atoms with Crippen molar-refractivity contribution in [2.45, 2.75) is 36.9 Å². The first-order chi connectivity index (χ1) is 20.2. The van der Waals surface area contributed by atoms with Crippen LogP contribution in [0.5, 0.6) is 11.5 Å². The molecule has 0 aliphatic carbocycles. The number of esters is 1. The van der Waals surface area contributed by atoms with E-state index in [0.29, 0.717) is 34.6 Å². The highest BCUT2D eigenvalue weighted by Crippen LogP contribution is 2.38. The average molecular weight is 593 g/mol. The highest BCUT2D eigenvalue weighted by molar-refractivity contribution is 7.99. The van der Waals surface area contributed by atoms with Crippen LogP contribution in [0, 0.1) is 5.82 Å². The van der Waals surface area contributed by atoms with E-state index in [1.807, 2.05) is 62.4 Å². The molecule has 1 heterocycles. The van der Waals surface area contributed by atoms with Crippen LogP contribution >= 0.6 is 11.8 Å². The van der Waals surface area contributed by atoms with Gasteiger partial charge in [0, 0.05) is 12.1 Å². The fraction of sp³-hybridized carbons (Fsp3) is 0.290. The van der Waals surface area contributed by atoms with Crippen LogP contribution in [0.2, 0.25) is 0 Å². The number of aromatic nitrogens is 3. The summed E-state index contributed by atoms with van der Waals surface area (Å²) in [6, 6.07) is 20.1. The first-order valence-electron chi connectivity index (χ1n) is 13.2. The van der Waals surface area contributed by atoms with Crippen LogP contribution in [0.25, 0.3) is 5.69 Å². The minimum atomic E-state index is -0.847. The standard InChI is InChI=1S/C31H33FN4O5S/c1-31(2,21-11-16-25(39-3)26(18-21)40-4)29-34-35-30(36(29)23-14-12-22(32)13-15-23)42-19-27(37)33-24(28(38)41-5)17-20-9-7-6-8-10-20/h6-16,18,24H,17,19H2,1-5H3,(H,33,37)/t24-/m0/s1. The monoisotopic (exact) mass is 592 g/mol. The molecule has 0 unspecified atom stereocenters. The SMILES string of the molecule is COC(=O)[C@H](Cc1ccccc1)NC(=O)CSc1nnc(C(C)(C)c2ccc(OC)c(OC)c2)n1-c1ccc(F)cc1. The summed E-state index contributed by atoms with van der Waals surface area (Å²) in [6.45, 7) is 3.98. The molecule has 42 heavy (non-hydrogen) atoms. The zero-order valence-corrected chi connectivity index (χ0v) is 24.9. The van der Waals surface area contributed by atoms with Gasteiger partial charge < -0.3 is 19.5 Å². The quantitative estimate of drug-likeness (QED) is 0.186. The van der Waals surface area contributed by atoms with Crippen molar-refractivity contribution in [3.8, 4) is 17.2 Å². The van der Waals surface area contributed by atoms with Crippen LogP contribution in [0.1, 0.15) is 30.8 Å². The van der Waals surface area contributed by atoms with Gasteiger partial charge in [-0.25, -0.2) is 9.18 Å². The van der Waals surface area contributed by atoms with Crippen molar-refractivity contribution in [2.75, 3.05) is 27.1 Å². The van der Waals surface area contributed by atoms with Gasteiger partial charge in [-0.3, -0.25) is 9.36 Å². The molecule has 0 spiro atoms. The van der Waals surface area contributed by atoms with Crippen molar-refractivity contribution in [1.29, 1.82) is 0 Å². The van der Waals surface area contributed by atoms with Crippen molar-refractivity contribution >= 4 is 23.6 Å². The first kappa shape index (κ1) is 30.6. The van der Waals surface area contributed by atoms with E-state index in [1.54, 1.807) is 30.9 Å². The molecule has 0 radical (unpaired) electrons. The Balaban J connectivity index is 1.62. The molecule has 1 amide bonds. The lowest BCUT2D eigenvalue weighted by atomic mass is 9.83. The number of halogens is 1. The summed E-state index contributed by atoms with van der Waals surface area (Å²) in [5, 5.41) is 12.1. The van der Waals surface area contributed by atoms with E-state index in [-0.39, 0.29) is 17.5 Å². The lowest BCUT2D eigenvalue weighted by Crippen LogP contribution is -2.43. The van der Waals surface area contributed by atoms with Gasteiger partial charge in [-0.05, 0) is 61.4 Å². The van der Waals surface area contributed by atoms with E-state index in [9.17, 15) is 14.0 Å². The fourth-order valence-electron chi connectivity index (χ4n) is 4.50. The zero-order valence-electron chi connectivity index (χ0n) is 24.1. The Labute approximate surface area is 248 Å². The predicted molar refractivity (Wildman–Crippen MR) is 158 cm³/mol. The smallest absolute Gasteiger partial charge is 0.328 e. The Bertz CT molecular complexity index is 1530. The first-order valence-corrected chi connectivity index (χ1v) is 14.1. The number of hydrogen-bond acceptors (Lipinski definition) is 8. The molecule has 0 aliphatic heterocycles. The number of benzene rings is 3. The maximum absolute atomic E-state index is 13.8. The molecular formula is C31H33FN4O5S. The number of carbonyl (C=O) groups excluding carboxylic acids is 2. The van der Waals surface area contributed by atoms with Crippen molar-refractivity contribution in [2.24, 2.45) is 0 Å². The predicted octanol–water partition coefficient (Wildman–Crippen LogP) is 4.74. The van der Waals surface area contributed by atoms with Gasteiger partial charge in [0.15, 0.2) is 16.7 Å². The molecule has 4 aromatic rings. The molecule has 0 fully saturated rings. The fourth-order valence-corrected chi connectivity index (χ4v) is 5.26. The Morgan fingerprint density at radius 1 is 0.952 bits per heavy atom. The van der Waals surface area contributed by atoms with Crippen molar-refractivity contribution in [1.82, 2.24) is 20.1 Å². The molecule has 0 bridgehead atoms. The third kappa shape index (κ3) is 6.91. The topological polar surface area (TPSA) is 105 Å². The number of amides is 1. The number of ether oxygens (including phenoxy) is 3. The summed E-state index contributed by atoms with van der Waals surface area (Å²) in [4.78, 5) is 25.4. The second-order valence-corrected chi connectivity index (χ2v) is 10.9. The Kier molecular flexibility index (Phi) is 9.84. The molecule has 1 N–H and O–H groups in total. The summed E-state index contributed by atoms with van der Waals surface area (Å²) >= 11 is 1.15. The summed E-state index contributed by atoms with van der Waals surface area (Å²) in [5.74, 6) is 0.397. The zero-order chi connectivity index (χ0) is 30.3. The Hall–Kier alpha value is -4.38. The lowest BCUT2D eigenvalue weighted by Gasteiger charge is -2.26. The second-order valence-electron chi connectivity index (χ2n) is 9.93. The number of methoxy groups -OCH3 is 3. The van der Waals surface area contributed by atoms with Crippen LogP contribution < -0.4 is 14.8 Å². The largest absolute Gasteiger partial charge is 0.493 e. The summed E-state index contributed by atoms with van der Waals surface area (Å²) < 4.78 is 31.5. The third-order valence-electron chi connectivity index (χ3n) is 6.82. The molecule has 3 aromatic carbocycles. The molecular weight excluding hydrogens is 559 g/mol.